The van der Waals surface area contributed by atoms with Crippen molar-refractivity contribution in [2.24, 2.45) is 0 Å². The summed E-state index contributed by atoms with van der Waals surface area (Å²) >= 11 is 0. The maximum absolute atomic E-state index is 12.1. The maximum atomic E-state index is 12.1. The van der Waals surface area contributed by atoms with E-state index >= 15 is 0 Å². The number of hydrogen-bond donors (Lipinski definition) is 0. The van der Waals surface area contributed by atoms with Crippen LogP contribution in [0, 0.1) is 11.3 Å². The van der Waals surface area contributed by atoms with E-state index in [2.05, 4.69) is 0 Å². The number of nitrogens with zero attached hydrogens (tertiary/aromatic N) is 2. The molecule has 0 atom stereocenters. The van der Waals surface area contributed by atoms with E-state index in [0.717, 1.165) is 0 Å². The zero-order chi connectivity index (χ0) is 13.2. The Bertz CT molecular complexity index is 602. The molecule has 0 aromatic heterocycles. The summed E-state index contributed by atoms with van der Waals surface area (Å²) in [5.41, 5.74) is 0.846. The summed E-state index contributed by atoms with van der Waals surface area (Å²) in [5, 5.41) is 8.77. The van der Waals surface area contributed by atoms with Gasteiger partial charge in [-0.3, -0.25) is 4.79 Å². The van der Waals surface area contributed by atoms with Gasteiger partial charge in [0.2, 0.25) is 0 Å². The minimum atomic E-state index is -2.99. The van der Waals surface area contributed by atoms with Gasteiger partial charge in [0, 0.05) is 18.7 Å². The van der Waals surface area contributed by atoms with Gasteiger partial charge >= 0.3 is 0 Å². The van der Waals surface area contributed by atoms with Crippen LogP contribution in [-0.2, 0) is 9.84 Å². The van der Waals surface area contributed by atoms with Crippen molar-refractivity contribution in [1.29, 1.82) is 5.26 Å². The Morgan fingerprint density at radius 1 is 1.28 bits per heavy atom. The lowest BCUT2D eigenvalue weighted by molar-refractivity contribution is 0.0770. The Kier molecular flexibility index (Phi) is 3.34. The summed E-state index contributed by atoms with van der Waals surface area (Å²) in [6, 6.07) is 8.39. The molecule has 1 fully saturated rings. The van der Waals surface area contributed by atoms with E-state index in [9.17, 15) is 13.2 Å². The third-order valence-electron chi connectivity index (χ3n) is 2.87. The van der Waals surface area contributed by atoms with Gasteiger partial charge in [0.25, 0.3) is 5.91 Å². The van der Waals surface area contributed by atoms with Crippen LogP contribution in [-0.4, -0.2) is 43.8 Å². The SMILES string of the molecule is N#Cc1cccc(C(=O)N2CCS(=O)(=O)CC2)c1. The van der Waals surface area contributed by atoms with Crippen LogP contribution in [0.15, 0.2) is 24.3 Å². The molecule has 6 heteroatoms. The molecule has 0 N–H and O–H groups in total. The lowest BCUT2D eigenvalue weighted by Gasteiger charge is -2.26. The fourth-order valence-corrected chi connectivity index (χ4v) is 3.02. The standard InChI is InChI=1S/C12H12N2O3S/c13-9-10-2-1-3-11(8-10)12(15)14-4-6-18(16,17)7-5-14/h1-3,8H,4-7H2. The molecule has 1 aromatic rings. The molecular formula is C12H12N2O3S. The van der Waals surface area contributed by atoms with Gasteiger partial charge in [-0.05, 0) is 18.2 Å². The quantitative estimate of drug-likeness (QED) is 0.737. The van der Waals surface area contributed by atoms with E-state index in [1.165, 1.54) is 11.0 Å². The topological polar surface area (TPSA) is 78.2 Å². The molecule has 1 aromatic carbocycles. The second-order valence-corrected chi connectivity index (χ2v) is 6.44. The number of sulfone groups is 1. The van der Waals surface area contributed by atoms with Gasteiger partial charge in [-0.15, -0.1) is 0 Å². The van der Waals surface area contributed by atoms with Crippen molar-refractivity contribution in [3.8, 4) is 6.07 Å². The number of amides is 1. The average Bonchev–Trinajstić information content (AvgIpc) is 2.38. The predicted octanol–water partition coefficient (Wildman–Crippen LogP) is 0.429. The summed E-state index contributed by atoms with van der Waals surface area (Å²) in [7, 11) is -2.99. The molecule has 94 valence electrons. The Hall–Kier alpha value is -1.87. The molecule has 0 unspecified atom stereocenters. The highest BCUT2D eigenvalue weighted by molar-refractivity contribution is 7.91. The molecule has 1 heterocycles. The van der Waals surface area contributed by atoms with E-state index in [1.54, 1.807) is 18.2 Å². The van der Waals surface area contributed by atoms with Crippen LogP contribution >= 0.6 is 0 Å². The maximum Gasteiger partial charge on any atom is 0.253 e. The molecule has 0 radical (unpaired) electrons. The minimum absolute atomic E-state index is 0.0106. The largest absolute Gasteiger partial charge is 0.337 e. The summed E-state index contributed by atoms with van der Waals surface area (Å²) in [5.74, 6) is -0.199. The van der Waals surface area contributed by atoms with Gasteiger partial charge in [0.1, 0.15) is 0 Å². The molecule has 0 saturated carbocycles. The lowest BCUT2D eigenvalue weighted by Crippen LogP contribution is -2.43. The monoisotopic (exact) mass is 264 g/mol. The fraction of sp³-hybridized carbons (Fsp3) is 0.333. The Labute approximate surface area is 106 Å². The molecule has 1 aliphatic heterocycles. The molecular weight excluding hydrogens is 252 g/mol. The van der Waals surface area contributed by atoms with E-state index in [1.807, 2.05) is 6.07 Å². The average molecular weight is 264 g/mol. The highest BCUT2D eigenvalue weighted by Gasteiger charge is 2.25. The summed E-state index contributed by atoms with van der Waals surface area (Å²) in [6.45, 7) is 0.440. The second-order valence-electron chi connectivity index (χ2n) is 4.14. The molecule has 0 aliphatic carbocycles. The van der Waals surface area contributed by atoms with Crippen molar-refractivity contribution >= 4 is 15.7 Å². The molecule has 0 spiro atoms. The van der Waals surface area contributed by atoms with Gasteiger partial charge < -0.3 is 4.90 Å². The van der Waals surface area contributed by atoms with Crippen molar-refractivity contribution in [3.05, 3.63) is 35.4 Å². The first-order chi connectivity index (χ1) is 8.52. The first kappa shape index (κ1) is 12.6. The van der Waals surface area contributed by atoms with Gasteiger partial charge in [-0.2, -0.15) is 5.26 Å². The zero-order valence-corrected chi connectivity index (χ0v) is 10.5. The highest BCUT2D eigenvalue weighted by Crippen LogP contribution is 2.11. The number of carbonyl (C=O) groups excluding carboxylic acids is 1. The molecule has 0 bridgehead atoms. The smallest absolute Gasteiger partial charge is 0.253 e. The summed E-state index contributed by atoms with van der Waals surface area (Å²) < 4.78 is 22.5. The molecule has 1 saturated heterocycles. The van der Waals surface area contributed by atoms with E-state index in [0.29, 0.717) is 11.1 Å². The Morgan fingerprint density at radius 3 is 2.56 bits per heavy atom. The van der Waals surface area contributed by atoms with Gasteiger partial charge in [0.05, 0.1) is 23.1 Å². The van der Waals surface area contributed by atoms with Crippen LogP contribution < -0.4 is 0 Å². The van der Waals surface area contributed by atoms with E-state index < -0.39 is 9.84 Å². The lowest BCUT2D eigenvalue weighted by atomic mass is 10.1. The van der Waals surface area contributed by atoms with E-state index in [4.69, 9.17) is 5.26 Å². The Morgan fingerprint density at radius 2 is 1.94 bits per heavy atom. The van der Waals surface area contributed by atoms with Crippen LogP contribution in [0.25, 0.3) is 0 Å². The number of nitriles is 1. The minimum Gasteiger partial charge on any atom is -0.337 e. The third-order valence-corrected chi connectivity index (χ3v) is 4.48. The number of benzene rings is 1. The van der Waals surface area contributed by atoms with Crippen molar-refractivity contribution in [3.63, 3.8) is 0 Å². The second kappa shape index (κ2) is 4.78. The summed E-state index contributed by atoms with van der Waals surface area (Å²) in [4.78, 5) is 13.6. The van der Waals surface area contributed by atoms with Crippen molar-refractivity contribution < 1.29 is 13.2 Å². The Balaban J connectivity index is 2.15. The zero-order valence-electron chi connectivity index (χ0n) is 9.67. The van der Waals surface area contributed by atoms with Crippen molar-refractivity contribution in [2.45, 2.75) is 0 Å². The number of rotatable bonds is 1. The van der Waals surface area contributed by atoms with Crippen LogP contribution in [0.5, 0.6) is 0 Å². The molecule has 1 aliphatic rings. The van der Waals surface area contributed by atoms with Crippen LogP contribution in [0.1, 0.15) is 15.9 Å². The third kappa shape index (κ3) is 2.68. The normalized spacial score (nSPS) is 18.1. The van der Waals surface area contributed by atoms with Crippen LogP contribution in [0.3, 0.4) is 0 Å². The molecule has 18 heavy (non-hydrogen) atoms. The highest BCUT2D eigenvalue weighted by atomic mass is 32.2. The van der Waals surface area contributed by atoms with Crippen LogP contribution in [0.4, 0.5) is 0 Å². The van der Waals surface area contributed by atoms with Gasteiger partial charge in [-0.1, -0.05) is 6.07 Å². The fourth-order valence-electron chi connectivity index (χ4n) is 1.82. The summed E-state index contributed by atoms with van der Waals surface area (Å²) in [6.07, 6.45) is 0. The molecule has 2 rings (SSSR count). The van der Waals surface area contributed by atoms with Crippen molar-refractivity contribution in [2.75, 3.05) is 24.6 Å². The van der Waals surface area contributed by atoms with Gasteiger partial charge in [0.15, 0.2) is 9.84 Å². The number of carbonyl (C=O) groups is 1. The van der Waals surface area contributed by atoms with Crippen LogP contribution in [0.2, 0.25) is 0 Å². The predicted molar refractivity (Wildman–Crippen MR) is 65.7 cm³/mol. The first-order valence-electron chi connectivity index (χ1n) is 5.52. The van der Waals surface area contributed by atoms with Gasteiger partial charge in [-0.25, -0.2) is 8.42 Å². The first-order valence-corrected chi connectivity index (χ1v) is 7.34. The molecule has 5 nitrogen and oxygen atoms in total. The van der Waals surface area contributed by atoms with E-state index in [-0.39, 0.29) is 30.5 Å². The number of hydrogen-bond acceptors (Lipinski definition) is 4. The van der Waals surface area contributed by atoms with Crippen molar-refractivity contribution in [1.82, 2.24) is 4.90 Å². The molecule has 1 amide bonds.